The van der Waals surface area contributed by atoms with E-state index in [1.54, 1.807) is 30.5 Å². The van der Waals surface area contributed by atoms with Crippen molar-refractivity contribution in [1.29, 1.82) is 10.5 Å². The summed E-state index contributed by atoms with van der Waals surface area (Å²) in [5, 5.41) is 18.1. The number of carbonyl (C=O) groups is 1. The number of benzene rings is 1. The Morgan fingerprint density at radius 2 is 1.87 bits per heavy atom. The van der Waals surface area contributed by atoms with Gasteiger partial charge in [0.2, 0.25) is 0 Å². The Balaban J connectivity index is 1.79. The molecule has 0 N–H and O–H groups in total. The Morgan fingerprint density at radius 3 is 2.57 bits per heavy atom. The second-order valence-corrected chi connectivity index (χ2v) is 4.90. The summed E-state index contributed by atoms with van der Waals surface area (Å²) in [4.78, 5) is 12.0. The summed E-state index contributed by atoms with van der Waals surface area (Å²) in [6, 6.07) is 15.9. The summed E-state index contributed by atoms with van der Waals surface area (Å²) in [6.45, 7) is 0.0173. The number of rotatable bonds is 3. The Labute approximate surface area is 132 Å². The van der Waals surface area contributed by atoms with E-state index in [0.717, 1.165) is 5.52 Å². The predicted octanol–water partition coefficient (Wildman–Crippen LogP) is 3.04. The molecule has 0 bridgehead atoms. The maximum Gasteiger partial charge on any atom is 0.338 e. The molecule has 23 heavy (non-hydrogen) atoms. The minimum Gasteiger partial charge on any atom is -0.457 e. The van der Waals surface area contributed by atoms with E-state index >= 15 is 0 Å². The highest BCUT2D eigenvalue weighted by atomic mass is 16.5. The summed E-state index contributed by atoms with van der Waals surface area (Å²) in [5.74, 6) is -0.492. The van der Waals surface area contributed by atoms with E-state index in [9.17, 15) is 10.1 Å². The first-order chi connectivity index (χ1) is 11.2. The van der Waals surface area contributed by atoms with Gasteiger partial charge in [-0.3, -0.25) is 0 Å². The van der Waals surface area contributed by atoms with Crippen molar-refractivity contribution < 1.29 is 9.53 Å². The fourth-order valence-corrected chi connectivity index (χ4v) is 2.32. The second-order valence-electron chi connectivity index (χ2n) is 4.90. The van der Waals surface area contributed by atoms with Crippen LogP contribution in [0.4, 0.5) is 0 Å². The molecule has 0 atom stereocenters. The van der Waals surface area contributed by atoms with E-state index in [0.29, 0.717) is 22.3 Å². The van der Waals surface area contributed by atoms with Crippen molar-refractivity contribution in [2.75, 3.05) is 0 Å². The second kappa shape index (κ2) is 6.05. The third-order valence-electron chi connectivity index (χ3n) is 3.48. The number of carbonyl (C=O) groups excluding carboxylic acids is 1. The molecule has 0 amide bonds. The maximum atomic E-state index is 12.0. The highest BCUT2D eigenvalue weighted by molar-refractivity contribution is 5.89. The molecule has 0 saturated carbocycles. The zero-order valence-corrected chi connectivity index (χ0v) is 12.1. The Kier molecular flexibility index (Phi) is 3.78. The molecular formula is C18H11N3O2. The van der Waals surface area contributed by atoms with Crippen LogP contribution in [0.1, 0.15) is 27.0 Å². The Bertz CT molecular complexity index is 957. The van der Waals surface area contributed by atoms with Gasteiger partial charge in [-0.25, -0.2) is 4.79 Å². The van der Waals surface area contributed by atoms with Crippen LogP contribution in [0.25, 0.3) is 5.52 Å². The zero-order chi connectivity index (χ0) is 16.2. The van der Waals surface area contributed by atoms with E-state index in [4.69, 9.17) is 10.00 Å². The smallest absolute Gasteiger partial charge is 0.338 e. The highest BCUT2D eigenvalue weighted by Crippen LogP contribution is 2.19. The zero-order valence-electron chi connectivity index (χ0n) is 12.1. The van der Waals surface area contributed by atoms with Gasteiger partial charge in [-0.05, 0) is 36.4 Å². The van der Waals surface area contributed by atoms with Gasteiger partial charge in [-0.2, -0.15) is 10.5 Å². The molecule has 0 radical (unpaired) electrons. The first-order valence-electron chi connectivity index (χ1n) is 6.89. The van der Waals surface area contributed by atoms with Crippen molar-refractivity contribution in [2.45, 2.75) is 6.61 Å². The molecule has 3 aromatic rings. The van der Waals surface area contributed by atoms with Gasteiger partial charge in [0, 0.05) is 18.0 Å². The van der Waals surface area contributed by atoms with Crippen LogP contribution in [0.5, 0.6) is 0 Å². The fraction of sp³-hybridized carbons (Fsp3) is 0.0556. The average Bonchev–Trinajstić information content (AvgIpc) is 2.97. The Hall–Kier alpha value is -3.57. The SMILES string of the molecule is N#Cc1ccc(C(=O)OCc2cn3ccccc3c2C#N)cc1. The summed E-state index contributed by atoms with van der Waals surface area (Å²) in [6.07, 6.45) is 3.61. The van der Waals surface area contributed by atoms with Crippen molar-refractivity contribution in [3.8, 4) is 12.1 Å². The third-order valence-corrected chi connectivity index (χ3v) is 3.48. The van der Waals surface area contributed by atoms with E-state index < -0.39 is 5.97 Å². The lowest BCUT2D eigenvalue weighted by Gasteiger charge is -2.04. The number of hydrogen-bond donors (Lipinski definition) is 0. The van der Waals surface area contributed by atoms with Gasteiger partial charge < -0.3 is 9.14 Å². The number of ether oxygens (including phenoxy) is 1. The molecule has 5 heteroatoms. The first-order valence-corrected chi connectivity index (χ1v) is 6.89. The largest absolute Gasteiger partial charge is 0.457 e. The third kappa shape index (κ3) is 2.76. The van der Waals surface area contributed by atoms with Crippen LogP contribution in [-0.4, -0.2) is 10.4 Å². The molecule has 5 nitrogen and oxygen atoms in total. The number of esters is 1. The maximum absolute atomic E-state index is 12.0. The van der Waals surface area contributed by atoms with Gasteiger partial charge in [0.05, 0.1) is 28.3 Å². The number of pyridine rings is 1. The monoisotopic (exact) mass is 301 g/mol. The lowest BCUT2D eigenvalue weighted by Crippen LogP contribution is -2.05. The standard InChI is InChI=1S/C18H11N3O2/c19-9-13-4-6-14(7-5-13)18(22)23-12-15-11-21-8-2-1-3-17(21)16(15)10-20/h1-8,11H,12H2. The lowest BCUT2D eigenvalue weighted by molar-refractivity contribution is 0.0472. The molecular weight excluding hydrogens is 290 g/mol. The summed E-state index contributed by atoms with van der Waals surface area (Å²) in [7, 11) is 0. The number of aromatic nitrogens is 1. The predicted molar refractivity (Wildman–Crippen MR) is 82.4 cm³/mol. The normalized spacial score (nSPS) is 10.0. The van der Waals surface area contributed by atoms with Crippen molar-refractivity contribution in [2.24, 2.45) is 0 Å². The van der Waals surface area contributed by atoms with Gasteiger partial charge in [0.1, 0.15) is 12.7 Å². The average molecular weight is 301 g/mol. The van der Waals surface area contributed by atoms with Gasteiger partial charge in [0.25, 0.3) is 0 Å². The van der Waals surface area contributed by atoms with E-state index in [-0.39, 0.29) is 6.61 Å². The minimum absolute atomic E-state index is 0.0173. The molecule has 2 heterocycles. The molecule has 0 unspecified atom stereocenters. The molecule has 2 aromatic heterocycles. The lowest BCUT2D eigenvalue weighted by atomic mass is 10.1. The van der Waals surface area contributed by atoms with E-state index in [1.807, 2.05) is 34.9 Å². The van der Waals surface area contributed by atoms with Crippen molar-refractivity contribution >= 4 is 11.5 Å². The number of fused-ring (bicyclic) bond motifs is 1. The van der Waals surface area contributed by atoms with Crippen LogP contribution >= 0.6 is 0 Å². The van der Waals surface area contributed by atoms with Crippen LogP contribution < -0.4 is 0 Å². The first kappa shape index (κ1) is 14.4. The molecule has 0 aliphatic heterocycles. The van der Waals surface area contributed by atoms with Crippen LogP contribution in [0.3, 0.4) is 0 Å². The summed E-state index contributed by atoms with van der Waals surface area (Å²) >= 11 is 0. The molecule has 0 spiro atoms. The van der Waals surface area contributed by atoms with Crippen molar-refractivity contribution in [1.82, 2.24) is 4.40 Å². The van der Waals surface area contributed by atoms with E-state index in [2.05, 4.69) is 6.07 Å². The topological polar surface area (TPSA) is 78.3 Å². The molecule has 0 saturated heterocycles. The molecule has 1 aromatic carbocycles. The fourth-order valence-electron chi connectivity index (χ4n) is 2.32. The number of hydrogen-bond acceptors (Lipinski definition) is 4. The van der Waals surface area contributed by atoms with Gasteiger partial charge in [-0.15, -0.1) is 0 Å². The van der Waals surface area contributed by atoms with Crippen LogP contribution in [0.2, 0.25) is 0 Å². The van der Waals surface area contributed by atoms with Crippen molar-refractivity contribution in [3.05, 3.63) is 77.1 Å². The van der Waals surface area contributed by atoms with Gasteiger partial charge >= 0.3 is 5.97 Å². The molecule has 0 fully saturated rings. The van der Waals surface area contributed by atoms with Crippen LogP contribution in [0, 0.1) is 22.7 Å². The molecule has 0 aliphatic rings. The van der Waals surface area contributed by atoms with Crippen molar-refractivity contribution in [3.63, 3.8) is 0 Å². The molecule has 110 valence electrons. The van der Waals surface area contributed by atoms with E-state index in [1.165, 1.54) is 0 Å². The molecule has 0 aliphatic carbocycles. The van der Waals surface area contributed by atoms with Gasteiger partial charge in [-0.1, -0.05) is 6.07 Å². The quantitative estimate of drug-likeness (QED) is 0.696. The summed E-state index contributed by atoms with van der Waals surface area (Å²) < 4.78 is 7.10. The number of nitriles is 2. The number of nitrogens with zero attached hydrogens (tertiary/aromatic N) is 3. The molecule has 3 rings (SSSR count). The Morgan fingerprint density at radius 1 is 1.09 bits per heavy atom. The van der Waals surface area contributed by atoms with Crippen LogP contribution in [-0.2, 0) is 11.3 Å². The highest BCUT2D eigenvalue weighted by Gasteiger charge is 2.13. The summed E-state index contributed by atoms with van der Waals surface area (Å²) in [5.41, 5.74) is 2.77. The minimum atomic E-state index is -0.492. The van der Waals surface area contributed by atoms with Crippen LogP contribution in [0.15, 0.2) is 54.9 Å². The van der Waals surface area contributed by atoms with Gasteiger partial charge in [0.15, 0.2) is 0 Å².